The van der Waals surface area contributed by atoms with Crippen LogP contribution < -0.4 is 15.7 Å². The van der Waals surface area contributed by atoms with Crippen molar-refractivity contribution in [2.45, 2.75) is 26.1 Å². The Morgan fingerprint density at radius 3 is 2.36 bits per heavy atom. The third kappa shape index (κ3) is 3.79. The number of benzene rings is 1. The number of nitrogens with two attached hydrogens (primary N) is 1. The zero-order valence-corrected chi connectivity index (χ0v) is 12.5. The average Bonchev–Trinajstić information content (AvgIpc) is 2.43. The molecule has 1 fully saturated rings. The predicted octanol–water partition coefficient (Wildman–Crippen LogP) is 1.61. The minimum atomic E-state index is -1.53. The summed E-state index contributed by atoms with van der Waals surface area (Å²) in [6, 6.07) is 6.98. The Kier molecular flexibility index (Phi) is 4.71. The molecule has 0 saturated carbocycles. The number of carbonyl (C=O) groups is 1. The lowest BCUT2D eigenvalue weighted by Crippen LogP contribution is -2.45. The second kappa shape index (κ2) is 6.52. The molecule has 1 aliphatic heterocycles. The minimum Gasteiger partial charge on any atom is -0.448 e. The van der Waals surface area contributed by atoms with Crippen LogP contribution in [0, 0.1) is 5.41 Å². The fourth-order valence-electron chi connectivity index (χ4n) is 2.51. The number of hydrogen-bond acceptors (Lipinski definition) is 5. The highest BCUT2D eigenvalue weighted by Crippen LogP contribution is 2.24. The van der Waals surface area contributed by atoms with Crippen molar-refractivity contribution < 1.29 is 19.5 Å². The molecule has 1 aromatic rings. The van der Waals surface area contributed by atoms with Crippen molar-refractivity contribution in [1.29, 1.82) is 5.41 Å². The Labute approximate surface area is 128 Å². The van der Waals surface area contributed by atoms with Crippen LogP contribution in [0.5, 0.6) is 0 Å². The number of anilines is 2. The summed E-state index contributed by atoms with van der Waals surface area (Å²) in [5, 5.41) is 16.8. The first-order chi connectivity index (χ1) is 10.4. The normalized spacial score (nSPS) is 21.3. The van der Waals surface area contributed by atoms with E-state index in [1.165, 1.54) is 0 Å². The van der Waals surface area contributed by atoms with Gasteiger partial charge in [0.1, 0.15) is 0 Å². The zero-order valence-electron chi connectivity index (χ0n) is 12.5. The van der Waals surface area contributed by atoms with Crippen LogP contribution in [0.15, 0.2) is 24.3 Å². The van der Waals surface area contributed by atoms with Crippen LogP contribution in [0.2, 0.25) is 0 Å². The van der Waals surface area contributed by atoms with Gasteiger partial charge in [-0.25, -0.2) is 4.79 Å². The largest absolute Gasteiger partial charge is 0.531 e. The number of nitrogens with one attached hydrogen (secondary N) is 1. The molecule has 0 aliphatic carbocycles. The number of morpholine rings is 1. The second-order valence-electron chi connectivity index (χ2n) is 5.22. The first kappa shape index (κ1) is 15.9. The molecule has 1 aromatic carbocycles. The number of ether oxygens (including phenoxy) is 1. The van der Waals surface area contributed by atoms with E-state index in [4.69, 9.17) is 21.0 Å². The summed E-state index contributed by atoms with van der Waals surface area (Å²) in [5.41, 5.74) is 6.69. The second-order valence-corrected chi connectivity index (χ2v) is 5.22. The Morgan fingerprint density at radius 2 is 1.91 bits per heavy atom. The van der Waals surface area contributed by atoms with Crippen molar-refractivity contribution in [3.63, 3.8) is 0 Å². The monoisotopic (exact) mass is 308 g/mol. The van der Waals surface area contributed by atoms with E-state index in [2.05, 4.69) is 9.74 Å². The van der Waals surface area contributed by atoms with Gasteiger partial charge in [-0.05, 0) is 38.1 Å². The van der Waals surface area contributed by atoms with Crippen LogP contribution in [-0.2, 0) is 9.57 Å². The molecule has 2 atom stereocenters. The molecule has 4 N–H and O–H groups in total. The van der Waals surface area contributed by atoms with E-state index in [0.717, 1.165) is 23.8 Å². The van der Waals surface area contributed by atoms with E-state index < -0.39 is 12.1 Å². The van der Waals surface area contributed by atoms with Gasteiger partial charge in [-0.1, -0.05) is 0 Å². The van der Waals surface area contributed by atoms with Gasteiger partial charge in [-0.3, -0.25) is 10.2 Å². The fraction of sp³-hybridized carbons (Fsp3) is 0.429. The lowest BCUT2D eigenvalue weighted by molar-refractivity contribution is -0.00522. The van der Waals surface area contributed by atoms with Gasteiger partial charge in [0.2, 0.25) is 5.96 Å². The van der Waals surface area contributed by atoms with Crippen LogP contribution >= 0.6 is 0 Å². The number of carboxylic acid groups (broad SMARTS) is 1. The Morgan fingerprint density at radius 1 is 1.36 bits per heavy atom. The van der Waals surface area contributed by atoms with Gasteiger partial charge in [-0.15, -0.1) is 5.06 Å². The van der Waals surface area contributed by atoms with Gasteiger partial charge < -0.3 is 20.5 Å². The summed E-state index contributed by atoms with van der Waals surface area (Å²) in [5.74, 6) is -0.510. The fourth-order valence-corrected chi connectivity index (χ4v) is 2.51. The standard InChI is InChI=1S/C14H20N4O4/c1-9-7-17(8-10(2)21-9)11-3-5-12(6-4-11)18(13(15)16)22-14(19)20/h3-6,9-10H,7-8H2,1-2H3,(H3,15,16)(H,19,20). The van der Waals surface area contributed by atoms with E-state index in [-0.39, 0.29) is 12.2 Å². The van der Waals surface area contributed by atoms with Crippen LogP contribution in [0.4, 0.5) is 16.2 Å². The Balaban J connectivity index is 2.15. The number of nitrogens with zero attached hydrogens (tertiary/aromatic N) is 2. The SMILES string of the molecule is CC1CN(c2ccc(N(OC(=O)O)C(=N)N)cc2)CC(C)O1. The topological polar surface area (TPSA) is 112 Å². The molecule has 8 heteroatoms. The third-order valence-electron chi connectivity index (χ3n) is 3.26. The highest BCUT2D eigenvalue weighted by molar-refractivity contribution is 5.92. The summed E-state index contributed by atoms with van der Waals surface area (Å²) in [7, 11) is 0. The summed E-state index contributed by atoms with van der Waals surface area (Å²) >= 11 is 0. The van der Waals surface area contributed by atoms with E-state index >= 15 is 0 Å². The number of hydroxylamine groups is 1. The van der Waals surface area contributed by atoms with Crippen molar-refractivity contribution in [2.24, 2.45) is 5.73 Å². The van der Waals surface area contributed by atoms with Gasteiger partial charge in [0.15, 0.2) is 0 Å². The maximum atomic E-state index is 10.6. The molecule has 1 saturated heterocycles. The number of guanidine groups is 1. The summed E-state index contributed by atoms with van der Waals surface area (Å²) in [6.07, 6.45) is -1.24. The predicted molar refractivity (Wildman–Crippen MR) is 82.2 cm³/mol. The van der Waals surface area contributed by atoms with Crippen molar-refractivity contribution in [1.82, 2.24) is 0 Å². The molecule has 0 amide bonds. The minimum absolute atomic E-state index is 0.146. The molecule has 22 heavy (non-hydrogen) atoms. The van der Waals surface area contributed by atoms with Crippen LogP contribution in [0.1, 0.15) is 13.8 Å². The van der Waals surface area contributed by atoms with Gasteiger partial charge in [-0.2, -0.15) is 0 Å². The lowest BCUT2D eigenvalue weighted by atomic mass is 10.2. The lowest BCUT2D eigenvalue weighted by Gasteiger charge is -2.37. The average molecular weight is 308 g/mol. The summed E-state index contributed by atoms with van der Waals surface area (Å²) < 4.78 is 5.70. The Bertz CT molecular complexity index is 538. The van der Waals surface area contributed by atoms with Gasteiger partial charge in [0, 0.05) is 18.8 Å². The van der Waals surface area contributed by atoms with Gasteiger partial charge in [0.05, 0.1) is 17.9 Å². The maximum Gasteiger partial charge on any atom is 0.531 e. The zero-order chi connectivity index (χ0) is 16.3. The van der Waals surface area contributed by atoms with Crippen molar-refractivity contribution >= 4 is 23.5 Å². The molecule has 1 aliphatic rings. The molecule has 0 aromatic heterocycles. The van der Waals surface area contributed by atoms with E-state index in [1.807, 2.05) is 26.0 Å². The van der Waals surface area contributed by atoms with Crippen LogP contribution in [0.25, 0.3) is 0 Å². The van der Waals surface area contributed by atoms with Crippen LogP contribution in [-0.4, -0.2) is 42.5 Å². The molecular weight excluding hydrogens is 288 g/mol. The molecule has 2 unspecified atom stereocenters. The maximum absolute atomic E-state index is 10.6. The van der Waals surface area contributed by atoms with Gasteiger partial charge in [0.25, 0.3) is 0 Å². The third-order valence-corrected chi connectivity index (χ3v) is 3.26. The molecule has 8 nitrogen and oxygen atoms in total. The van der Waals surface area contributed by atoms with Crippen LogP contribution in [0.3, 0.4) is 0 Å². The first-order valence-electron chi connectivity index (χ1n) is 6.92. The van der Waals surface area contributed by atoms with Gasteiger partial charge >= 0.3 is 6.16 Å². The summed E-state index contributed by atoms with van der Waals surface area (Å²) in [6.45, 7) is 5.61. The molecule has 120 valence electrons. The smallest absolute Gasteiger partial charge is 0.448 e. The highest BCUT2D eigenvalue weighted by atomic mass is 16.8. The summed E-state index contributed by atoms with van der Waals surface area (Å²) in [4.78, 5) is 17.3. The molecule has 0 spiro atoms. The Hall–Kier alpha value is -2.48. The van der Waals surface area contributed by atoms with Crippen molar-refractivity contribution in [3.8, 4) is 0 Å². The van der Waals surface area contributed by atoms with E-state index in [0.29, 0.717) is 5.69 Å². The molecule has 0 radical (unpaired) electrons. The van der Waals surface area contributed by atoms with Crippen molar-refractivity contribution in [2.75, 3.05) is 23.1 Å². The molecule has 1 heterocycles. The molecule has 0 bridgehead atoms. The molecular formula is C14H20N4O4. The number of rotatable bonds is 2. The first-order valence-corrected chi connectivity index (χ1v) is 6.92. The van der Waals surface area contributed by atoms with E-state index in [9.17, 15) is 4.79 Å². The number of hydrogen-bond donors (Lipinski definition) is 3. The highest BCUT2D eigenvalue weighted by Gasteiger charge is 2.23. The van der Waals surface area contributed by atoms with Crippen molar-refractivity contribution in [3.05, 3.63) is 24.3 Å². The molecule has 2 rings (SSSR count). The quantitative estimate of drug-likeness (QED) is 0.432. The van der Waals surface area contributed by atoms with E-state index in [1.54, 1.807) is 12.1 Å².